The largest absolute Gasteiger partial charge is 0.368 e. The zero-order valence-electron chi connectivity index (χ0n) is 11.8. The summed E-state index contributed by atoms with van der Waals surface area (Å²) >= 11 is 0. The van der Waals surface area contributed by atoms with E-state index in [0.29, 0.717) is 6.04 Å². The van der Waals surface area contributed by atoms with Crippen LogP contribution in [0.1, 0.15) is 51.1 Å². The average molecular weight is 261 g/mol. The Balaban J connectivity index is 2.06. The molecule has 1 amide bonds. The van der Waals surface area contributed by atoms with Crippen molar-refractivity contribution in [1.29, 1.82) is 0 Å². The van der Waals surface area contributed by atoms with Crippen LogP contribution in [0.5, 0.6) is 0 Å². The Morgan fingerprint density at radius 1 is 1.53 bits per heavy atom. The Morgan fingerprint density at radius 2 is 2.37 bits per heavy atom. The summed E-state index contributed by atoms with van der Waals surface area (Å²) in [5.74, 6) is 0.909. The van der Waals surface area contributed by atoms with E-state index in [1.165, 1.54) is 6.42 Å². The molecule has 1 fully saturated rings. The van der Waals surface area contributed by atoms with Gasteiger partial charge in [-0.3, -0.25) is 4.79 Å². The van der Waals surface area contributed by atoms with E-state index in [1.807, 2.05) is 17.2 Å². The van der Waals surface area contributed by atoms with Crippen molar-refractivity contribution < 1.29 is 4.79 Å². The van der Waals surface area contributed by atoms with E-state index in [-0.39, 0.29) is 6.04 Å². The number of nitrogens with zero attached hydrogens (tertiary/aromatic N) is 2. The van der Waals surface area contributed by atoms with Crippen LogP contribution in [-0.4, -0.2) is 28.9 Å². The highest BCUT2D eigenvalue weighted by Gasteiger charge is 2.22. The highest BCUT2D eigenvalue weighted by Crippen LogP contribution is 2.29. The van der Waals surface area contributed by atoms with Crippen LogP contribution in [0.3, 0.4) is 0 Å². The standard InChI is InChI=1S/C15H23N3O/c1-3-12(2)17-15-8-7-13(10-16-15)14-6-4-5-9-18(14)11-19/h7-8,10-12,14H,3-6,9H2,1-2H3,(H,16,17)/t12-,14-/m0/s1. The third-order valence-corrected chi connectivity index (χ3v) is 3.86. The normalized spacial score (nSPS) is 20.9. The van der Waals surface area contributed by atoms with Crippen LogP contribution in [-0.2, 0) is 4.79 Å². The number of aromatic nitrogens is 1. The fourth-order valence-electron chi connectivity index (χ4n) is 2.48. The van der Waals surface area contributed by atoms with Gasteiger partial charge in [-0.15, -0.1) is 0 Å². The zero-order valence-corrected chi connectivity index (χ0v) is 11.8. The molecule has 1 aromatic rings. The molecule has 2 heterocycles. The van der Waals surface area contributed by atoms with Crippen LogP contribution in [0, 0.1) is 0 Å². The average Bonchev–Trinajstić information content (AvgIpc) is 2.48. The summed E-state index contributed by atoms with van der Waals surface area (Å²) in [6.45, 7) is 5.15. The zero-order chi connectivity index (χ0) is 13.7. The third-order valence-electron chi connectivity index (χ3n) is 3.86. The van der Waals surface area contributed by atoms with Crippen molar-refractivity contribution >= 4 is 12.2 Å². The summed E-state index contributed by atoms with van der Waals surface area (Å²) in [5, 5.41) is 3.35. The van der Waals surface area contributed by atoms with Crippen molar-refractivity contribution in [3.8, 4) is 0 Å². The Labute approximate surface area is 115 Å². The van der Waals surface area contributed by atoms with Crippen molar-refractivity contribution in [3.63, 3.8) is 0 Å². The first-order chi connectivity index (χ1) is 9.24. The lowest BCUT2D eigenvalue weighted by Gasteiger charge is -2.32. The Morgan fingerprint density at radius 3 is 3.00 bits per heavy atom. The van der Waals surface area contributed by atoms with Crippen molar-refractivity contribution in [2.45, 2.75) is 51.6 Å². The van der Waals surface area contributed by atoms with Gasteiger partial charge in [0.25, 0.3) is 0 Å². The lowest BCUT2D eigenvalue weighted by molar-refractivity contribution is -0.121. The summed E-state index contributed by atoms with van der Waals surface area (Å²) in [4.78, 5) is 17.4. The van der Waals surface area contributed by atoms with Crippen LogP contribution in [0.15, 0.2) is 18.3 Å². The molecular weight excluding hydrogens is 238 g/mol. The second-order valence-corrected chi connectivity index (χ2v) is 5.29. The van der Waals surface area contributed by atoms with Crippen molar-refractivity contribution in [2.75, 3.05) is 11.9 Å². The van der Waals surface area contributed by atoms with Gasteiger partial charge in [0.15, 0.2) is 0 Å². The van der Waals surface area contributed by atoms with Crippen molar-refractivity contribution in [3.05, 3.63) is 23.9 Å². The van der Waals surface area contributed by atoms with Gasteiger partial charge >= 0.3 is 0 Å². The molecule has 4 nitrogen and oxygen atoms in total. The van der Waals surface area contributed by atoms with Crippen LogP contribution >= 0.6 is 0 Å². The second kappa shape index (κ2) is 6.55. The van der Waals surface area contributed by atoms with E-state index < -0.39 is 0 Å². The molecule has 0 radical (unpaired) electrons. The van der Waals surface area contributed by atoms with E-state index in [0.717, 1.165) is 43.6 Å². The molecule has 1 aliphatic rings. The molecular formula is C15H23N3O. The van der Waals surface area contributed by atoms with Gasteiger partial charge in [0.05, 0.1) is 6.04 Å². The number of nitrogens with one attached hydrogen (secondary N) is 1. The maximum atomic E-state index is 11.1. The quantitative estimate of drug-likeness (QED) is 0.829. The van der Waals surface area contributed by atoms with Crippen molar-refractivity contribution in [2.24, 2.45) is 0 Å². The number of amides is 1. The molecule has 0 aliphatic carbocycles. The number of likely N-dealkylation sites (tertiary alicyclic amines) is 1. The molecule has 1 aliphatic heterocycles. The van der Waals surface area contributed by atoms with Gasteiger partial charge in [0, 0.05) is 18.8 Å². The molecule has 1 aromatic heterocycles. The lowest BCUT2D eigenvalue weighted by atomic mass is 9.97. The summed E-state index contributed by atoms with van der Waals surface area (Å²) in [7, 11) is 0. The Bertz CT molecular complexity index is 404. The first kappa shape index (κ1) is 13.8. The van der Waals surface area contributed by atoms with E-state index in [9.17, 15) is 4.79 Å². The molecule has 0 saturated carbocycles. The molecule has 0 bridgehead atoms. The number of piperidine rings is 1. The van der Waals surface area contributed by atoms with Gasteiger partial charge in [-0.1, -0.05) is 13.0 Å². The van der Waals surface area contributed by atoms with E-state index >= 15 is 0 Å². The Hall–Kier alpha value is -1.58. The molecule has 104 valence electrons. The fraction of sp³-hybridized carbons (Fsp3) is 0.600. The van der Waals surface area contributed by atoms with Crippen LogP contribution in [0.4, 0.5) is 5.82 Å². The van der Waals surface area contributed by atoms with Gasteiger partial charge in [-0.25, -0.2) is 4.98 Å². The summed E-state index contributed by atoms with van der Waals surface area (Å²) in [6.07, 6.45) is 7.27. The number of anilines is 1. The topological polar surface area (TPSA) is 45.2 Å². The molecule has 0 spiro atoms. The molecule has 2 rings (SSSR count). The van der Waals surface area contributed by atoms with Gasteiger partial charge in [-0.2, -0.15) is 0 Å². The molecule has 1 saturated heterocycles. The van der Waals surface area contributed by atoms with Gasteiger partial charge in [0.2, 0.25) is 6.41 Å². The highest BCUT2D eigenvalue weighted by atomic mass is 16.1. The number of carbonyl (C=O) groups is 1. The molecule has 1 N–H and O–H groups in total. The minimum Gasteiger partial charge on any atom is -0.368 e. The number of pyridine rings is 1. The number of rotatable bonds is 5. The smallest absolute Gasteiger partial charge is 0.210 e. The minimum atomic E-state index is 0.205. The lowest BCUT2D eigenvalue weighted by Crippen LogP contribution is -2.32. The molecule has 4 heteroatoms. The van der Waals surface area contributed by atoms with Crippen LogP contribution in [0.2, 0.25) is 0 Å². The predicted octanol–water partition coefficient (Wildman–Crippen LogP) is 2.98. The molecule has 2 atom stereocenters. The third kappa shape index (κ3) is 3.46. The second-order valence-electron chi connectivity index (χ2n) is 5.29. The molecule has 0 unspecified atom stereocenters. The Kier molecular flexibility index (Phi) is 4.77. The van der Waals surface area contributed by atoms with E-state index in [4.69, 9.17) is 0 Å². The van der Waals surface area contributed by atoms with Gasteiger partial charge in [0.1, 0.15) is 5.82 Å². The summed E-state index contributed by atoms with van der Waals surface area (Å²) in [6, 6.07) is 4.74. The molecule has 19 heavy (non-hydrogen) atoms. The maximum absolute atomic E-state index is 11.1. The van der Waals surface area contributed by atoms with Crippen LogP contribution in [0.25, 0.3) is 0 Å². The number of carbonyl (C=O) groups excluding carboxylic acids is 1. The predicted molar refractivity (Wildman–Crippen MR) is 77.0 cm³/mol. The summed E-state index contributed by atoms with van der Waals surface area (Å²) < 4.78 is 0. The minimum absolute atomic E-state index is 0.205. The van der Waals surface area contributed by atoms with Crippen LogP contribution < -0.4 is 5.32 Å². The van der Waals surface area contributed by atoms with E-state index in [2.05, 4.69) is 30.2 Å². The first-order valence-corrected chi connectivity index (χ1v) is 7.18. The monoisotopic (exact) mass is 261 g/mol. The highest BCUT2D eigenvalue weighted by molar-refractivity contribution is 5.49. The number of hydrogen-bond donors (Lipinski definition) is 1. The fourth-order valence-corrected chi connectivity index (χ4v) is 2.48. The maximum Gasteiger partial charge on any atom is 0.210 e. The van der Waals surface area contributed by atoms with Crippen molar-refractivity contribution in [1.82, 2.24) is 9.88 Å². The van der Waals surface area contributed by atoms with Gasteiger partial charge < -0.3 is 10.2 Å². The van der Waals surface area contributed by atoms with Gasteiger partial charge in [-0.05, 0) is 44.2 Å². The van der Waals surface area contributed by atoms with E-state index in [1.54, 1.807) is 0 Å². The first-order valence-electron chi connectivity index (χ1n) is 7.18. The number of hydrogen-bond acceptors (Lipinski definition) is 3. The molecule has 0 aromatic carbocycles. The SMILES string of the molecule is CC[C@H](C)Nc1ccc([C@@H]2CCCCN2C=O)cn1. The summed E-state index contributed by atoms with van der Waals surface area (Å²) in [5.41, 5.74) is 1.14.